The lowest BCUT2D eigenvalue weighted by molar-refractivity contribution is 0.762. The van der Waals surface area contributed by atoms with Crippen LogP contribution in [0.3, 0.4) is 0 Å². The van der Waals surface area contributed by atoms with Crippen molar-refractivity contribution >= 4 is 33.3 Å². The van der Waals surface area contributed by atoms with Crippen LogP contribution in [0.2, 0.25) is 0 Å². The summed E-state index contributed by atoms with van der Waals surface area (Å²) < 4.78 is 1.20. The van der Waals surface area contributed by atoms with E-state index in [2.05, 4.69) is 53.3 Å². The molecular weight excluding hydrogens is 258 g/mol. The van der Waals surface area contributed by atoms with E-state index in [9.17, 15) is 0 Å². The van der Waals surface area contributed by atoms with Crippen molar-refractivity contribution < 1.29 is 0 Å². The third kappa shape index (κ3) is 3.95. The fourth-order valence-corrected chi connectivity index (χ4v) is 2.59. The molecule has 0 aliphatic heterocycles. The fraction of sp³-hybridized carbons (Fsp3) is 0.455. The van der Waals surface area contributed by atoms with Crippen LogP contribution in [-0.4, -0.2) is 13.1 Å². The molecule has 0 bridgehead atoms. The smallest absolute Gasteiger partial charge is 0.0704 e. The standard InChI is InChI=1S/C11H16BrNS/c1-3-9(8-13-4-2)7-10-5-6-11(12)14-10/h5-7,13H,3-4,8H2,1-2H3. The zero-order chi connectivity index (χ0) is 10.4. The van der Waals surface area contributed by atoms with Gasteiger partial charge in [-0.15, -0.1) is 11.3 Å². The molecule has 78 valence electrons. The summed E-state index contributed by atoms with van der Waals surface area (Å²) in [5.41, 5.74) is 1.46. The monoisotopic (exact) mass is 273 g/mol. The maximum Gasteiger partial charge on any atom is 0.0704 e. The van der Waals surface area contributed by atoms with E-state index in [-0.39, 0.29) is 0 Å². The third-order valence-electron chi connectivity index (χ3n) is 2.00. The maximum atomic E-state index is 3.47. The van der Waals surface area contributed by atoms with Crippen LogP contribution in [0.25, 0.3) is 6.08 Å². The van der Waals surface area contributed by atoms with E-state index < -0.39 is 0 Å². The molecule has 1 N–H and O–H groups in total. The average molecular weight is 274 g/mol. The van der Waals surface area contributed by atoms with Crippen molar-refractivity contribution in [1.82, 2.24) is 5.32 Å². The predicted molar refractivity (Wildman–Crippen MR) is 68.8 cm³/mol. The van der Waals surface area contributed by atoms with E-state index in [0.29, 0.717) is 0 Å². The van der Waals surface area contributed by atoms with E-state index in [0.717, 1.165) is 19.5 Å². The maximum absolute atomic E-state index is 3.47. The van der Waals surface area contributed by atoms with Crippen molar-refractivity contribution in [3.63, 3.8) is 0 Å². The van der Waals surface area contributed by atoms with Crippen LogP contribution >= 0.6 is 27.3 Å². The second kappa shape index (κ2) is 6.38. The molecule has 0 amide bonds. The van der Waals surface area contributed by atoms with Crippen molar-refractivity contribution in [3.8, 4) is 0 Å². The molecule has 0 aliphatic rings. The molecule has 0 spiro atoms. The minimum absolute atomic E-state index is 1.00. The van der Waals surface area contributed by atoms with Gasteiger partial charge in [0.2, 0.25) is 0 Å². The summed E-state index contributed by atoms with van der Waals surface area (Å²) in [7, 11) is 0. The predicted octanol–water partition coefficient (Wildman–Crippen LogP) is 3.91. The van der Waals surface area contributed by atoms with Crippen LogP contribution in [0.5, 0.6) is 0 Å². The number of likely N-dealkylation sites (N-methyl/N-ethyl adjacent to an activating group) is 1. The normalized spacial score (nSPS) is 12.1. The molecule has 0 unspecified atom stereocenters. The van der Waals surface area contributed by atoms with Crippen molar-refractivity contribution in [2.45, 2.75) is 20.3 Å². The number of nitrogens with one attached hydrogen (secondary N) is 1. The number of hydrogen-bond donors (Lipinski definition) is 1. The molecule has 0 fully saturated rings. The molecule has 1 aromatic rings. The number of halogens is 1. The zero-order valence-electron chi connectivity index (χ0n) is 8.64. The van der Waals surface area contributed by atoms with Gasteiger partial charge in [-0.25, -0.2) is 0 Å². The molecule has 1 heterocycles. The van der Waals surface area contributed by atoms with Crippen molar-refractivity contribution in [3.05, 3.63) is 26.4 Å². The van der Waals surface area contributed by atoms with Crippen LogP contribution in [0, 0.1) is 0 Å². The van der Waals surface area contributed by atoms with E-state index >= 15 is 0 Å². The number of thiophene rings is 1. The topological polar surface area (TPSA) is 12.0 Å². The second-order valence-electron chi connectivity index (χ2n) is 3.08. The molecular formula is C11H16BrNS. The molecule has 0 atom stereocenters. The SMILES string of the molecule is CCNCC(=Cc1ccc(Br)s1)CC. The first-order chi connectivity index (χ1) is 6.76. The molecule has 1 nitrogen and oxygen atoms in total. The Balaban J connectivity index is 2.63. The summed E-state index contributed by atoms with van der Waals surface area (Å²) >= 11 is 5.25. The Kier molecular flexibility index (Phi) is 5.45. The van der Waals surface area contributed by atoms with E-state index in [1.807, 2.05) is 0 Å². The lowest BCUT2D eigenvalue weighted by Crippen LogP contribution is -2.15. The Labute approximate surface area is 98.4 Å². The lowest BCUT2D eigenvalue weighted by Gasteiger charge is -2.03. The van der Waals surface area contributed by atoms with Gasteiger partial charge in [0, 0.05) is 11.4 Å². The largest absolute Gasteiger partial charge is 0.313 e. The quantitative estimate of drug-likeness (QED) is 0.858. The van der Waals surface area contributed by atoms with Gasteiger partial charge in [0.25, 0.3) is 0 Å². The Hall–Kier alpha value is -0.120. The van der Waals surface area contributed by atoms with Crippen LogP contribution in [0.15, 0.2) is 21.5 Å². The number of hydrogen-bond acceptors (Lipinski definition) is 2. The lowest BCUT2D eigenvalue weighted by atomic mass is 10.2. The first-order valence-corrected chi connectivity index (χ1v) is 6.52. The molecule has 0 saturated heterocycles. The highest BCUT2D eigenvalue weighted by atomic mass is 79.9. The van der Waals surface area contributed by atoms with E-state index in [4.69, 9.17) is 0 Å². The fourth-order valence-electron chi connectivity index (χ4n) is 1.17. The van der Waals surface area contributed by atoms with Gasteiger partial charge in [-0.3, -0.25) is 0 Å². The summed E-state index contributed by atoms with van der Waals surface area (Å²) in [6.07, 6.45) is 3.39. The molecule has 1 aromatic heterocycles. The van der Waals surface area contributed by atoms with Crippen molar-refractivity contribution in [2.24, 2.45) is 0 Å². The summed E-state index contributed by atoms with van der Waals surface area (Å²) in [4.78, 5) is 1.33. The van der Waals surface area contributed by atoms with Crippen LogP contribution < -0.4 is 5.32 Å². The minimum Gasteiger partial charge on any atom is -0.313 e. The van der Waals surface area contributed by atoms with E-state index in [1.54, 1.807) is 11.3 Å². The zero-order valence-corrected chi connectivity index (χ0v) is 11.0. The highest BCUT2D eigenvalue weighted by Gasteiger charge is 1.97. The first kappa shape index (κ1) is 12.0. The summed E-state index contributed by atoms with van der Waals surface area (Å²) in [6.45, 7) is 6.37. The Morgan fingerprint density at radius 2 is 2.29 bits per heavy atom. The van der Waals surface area contributed by atoms with Gasteiger partial charge in [-0.2, -0.15) is 0 Å². The van der Waals surface area contributed by atoms with Gasteiger partial charge in [0.15, 0.2) is 0 Å². The van der Waals surface area contributed by atoms with Crippen LogP contribution in [-0.2, 0) is 0 Å². The summed E-state index contributed by atoms with van der Waals surface area (Å²) in [6, 6.07) is 4.24. The Bertz CT molecular complexity index is 304. The average Bonchev–Trinajstić information content (AvgIpc) is 2.58. The Morgan fingerprint density at radius 3 is 2.79 bits per heavy atom. The summed E-state index contributed by atoms with van der Waals surface area (Å²) in [5, 5.41) is 3.35. The van der Waals surface area contributed by atoms with E-state index in [1.165, 1.54) is 14.2 Å². The number of rotatable bonds is 5. The molecule has 1 rings (SSSR count). The third-order valence-corrected chi connectivity index (χ3v) is 3.57. The van der Waals surface area contributed by atoms with Gasteiger partial charge >= 0.3 is 0 Å². The minimum atomic E-state index is 1.00. The Morgan fingerprint density at radius 1 is 1.50 bits per heavy atom. The summed E-state index contributed by atoms with van der Waals surface area (Å²) in [5.74, 6) is 0. The van der Waals surface area contributed by atoms with Gasteiger partial charge in [-0.05, 0) is 47.1 Å². The first-order valence-electron chi connectivity index (χ1n) is 4.91. The van der Waals surface area contributed by atoms with Gasteiger partial charge in [0.05, 0.1) is 3.79 Å². The molecule has 3 heteroatoms. The molecule has 0 saturated carbocycles. The van der Waals surface area contributed by atoms with Gasteiger partial charge in [0.1, 0.15) is 0 Å². The molecule has 0 aromatic carbocycles. The van der Waals surface area contributed by atoms with Crippen LogP contribution in [0.4, 0.5) is 0 Å². The van der Waals surface area contributed by atoms with Crippen molar-refractivity contribution in [1.29, 1.82) is 0 Å². The van der Waals surface area contributed by atoms with Crippen LogP contribution in [0.1, 0.15) is 25.1 Å². The second-order valence-corrected chi connectivity index (χ2v) is 5.57. The molecule has 0 radical (unpaired) electrons. The van der Waals surface area contributed by atoms with Gasteiger partial charge < -0.3 is 5.32 Å². The molecule has 14 heavy (non-hydrogen) atoms. The molecule has 0 aliphatic carbocycles. The highest BCUT2D eigenvalue weighted by molar-refractivity contribution is 9.11. The highest BCUT2D eigenvalue weighted by Crippen LogP contribution is 2.24. The van der Waals surface area contributed by atoms with Gasteiger partial charge in [-0.1, -0.05) is 19.4 Å². The van der Waals surface area contributed by atoms with Crippen molar-refractivity contribution in [2.75, 3.05) is 13.1 Å².